The van der Waals surface area contributed by atoms with E-state index in [1.165, 1.54) is 18.3 Å². The quantitative estimate of drug-likeness (QED) is 0.784. The molecule has 116 valence electrons. The lowest BCUT2D eigenvalue weighted by molar-refractivity contribution is -0.114. The standard InChI is InChI=1S/C15H15ClN2O3S/c1-9(19)18-11-4-2-10(3-5-11)15(21)17-8-12(20)13-6-7-14(16)22-13/h2-7,12,20H,8H2,1H3,(H,17,21)(H,18,19). The van der Waals surface area contributed by atoms with Crippen LogP contribution in [0.5, 0.6) is 0 Å². The molecule has 0 aliphatic carbocycles. The number of rotatable bonds is 5. The summed E-state index contributed by atoms with van der Waals surface area (Å²) in [5, 5.41) is 15.2. The predicted octanol–water partition coefficient (Wildman–Crippen LogP) is 2.82. The summed E-state index contributed by atoms with van der Waals surface area (Å²) in [6.07, 6.45) is -0.792. The van der Waals surface area contributed by atoms with E-state index in [4.69, 9.17) is 11.6 Å². The SMILES string of the molecule is CC(=O)Nc1ccc(C(=O)NCC(O)c2ccc(Cl)s2)cc1. The molecule has 1 atom stereocenters. The van der Waals surface area contributed by atoms with E-state index in [1.54, 1.807) is 36.4 Å². The third-order valence-corrected chi connectivity index (χ3v) is 4.18. The van der Waals surface area contributed by atoms with Gasteiger partial charge in [-0.05, 0) is 36.4 Å². The maximum atomic E-state index is 12.0. The lowest BCUT2D eigenvalue weighted by Gasteiger charge is -2.10. The van der Waals surface area contributed by atoms with E-state index in [2.05, 4.69) is 10.6 Å². The molecule has 2 aromatic rings. The fraction of sp³-hybridized carbons (Fsp3) is 0.200. The normalized spacial score (nSPS) is 11.8. The molecule has 0 saturated carbocycles. The van der Waals surface area contributed by atoms with Gasteiger partial charge in [0.1, 0.15) is 6.10 Å². The molecular weight excluding hydrogens is 324 g/mol. The number of benzene rings is 1. The molecule has 1 aromatic carbocycles. The summed E-state index contributed by atoms with van der Waals surface area (Å²) >= 11 is 7.08. The molecule has 0 fully saturated rings. The Balaban J connectivity index is 1.90. The summed E-state index contributed by atoms with van der Waals surface area (Å²) in [5.74, 6) is -0.467. The van der Waals surface area contributed by atoms with Crippen molar-refractivity contribution in [2.75, 3.05) is 11.9 Å². The third-order valence-electron chi connectivity index (χ3n) is 2.85. The zero-order valence-corrected chi connectivity index (χ0v) is 13.4. The van der Waals surface area contributed by atoms with E-state index < -0.39 is 6.10 Å². The summed E-state index contributed by atoms with van der Waals surface area (Å²) < 4.78 is 0.592. The van der Waals surface area contributed by atoms with Gasteiger partial charge in [-0.3, -0.25) is 9.59 Å². The lowest BCUT2D eigenvalue weighted by atomic mass is 10.2. The molecule has 1 heterocycles. The highest BCUT2D eigenvalue weighted by molar-refractivity contribution is 7.16. The van der Waals surface area contributed by atoms with Crippen molar-refractivity contribution < 1.29 is 14.7 Å². The van der Waals surface area contributed by atoms with Crippen molar-refractivity contribution in [3.63, 3.8) is 0 Å². The predicted molar refractivity (Wildman–Crippen MR) is 87.4 cm³/mol. The first-order valence-electron chi connectivity index (χ1n) is 6.55. The van der Waals surface area contributed by atoms with Gasteiger partial charge in [-0.25, -0.2) is 0 Å². The molecule has 0 aliphatic heterocycles. The van der Waals surface area contributed by atoms with Crippen LogP contribution in [-0.4, -0.2) is 23.5 Å². The maximum absolute atomic E-state index is 12.0. The number of nitrogens with one attached hydrogen (secondary N) is 2. The van der Waals surface area contributed by atoms with Gasteiger partial charge in [-0.2, -0.15) is 0 Å². The number of carbonyl (C=O) groups is 2. The van der Waals surface area contributed by atoms with E-state index in [0.717, 1.165) is 0 Å². The largest absolute Gasteiger partial charge is 0.386 e. The zero-order chi connectivity index (χ0) is 16.1. The van der Waals surface area contributed by atoms with Crippen molar-refractivity contribution in [1.29, 1.82) is 0 Å². The number of aliphatic hydroxyl groups excluding tert-OH is 1. The number of anilines is 1. The average molecular weight is 339 g/mol. The smallest absolute Gasteiger partial charge is 0.251 e. The Morgan fingerprint density at radius 2 is 1.91 bits per heavy atom. The minimum atomic E-state index is -0.792. The summed E-state index contributed by atoms with van der Waals surface area (Å²) in [6, 6.07) is 9.93. The molecule has 0 aliphatic rings. The van der Waals surface area contributed by atoms with Gasteiger partial charge < -0.3 is 15.7 Å². The highest BCUT2D eigenvalue weighted by atomic mass is 35.5. The zero-order valence-electron chi connectivity index (χ0n) is 11.8. The molecule has 22 heavy (non-hydrogen) atoms. The summed E-state index contributed by atoms with van der Waals surface area (Å²) in [6.45, 7) is 1.52. The molecule has 2 amide bonds. The monoisotopic (exact) mass is 338 g/mol. The van der Waals surface area contributed by atoms with Crippen LogP contribution in [0.25, 0.3) is 0 Å². The minimum Gasteiger partial charge on any atom is -0.386 e. The molecule has 3 N–H and O–H groups in total. The Kier molecular flexibility index (Phi) is 5.54. The van der Waals surface area contributed by atoms with Crippen molar-refractivity contribution >= 4 is 40.4 Å². The van der Waals surface area contributed by atoms with Crippen LogP contribution in [0.2, 0.25) is 4.34 Å². The van der Waals surface area contributed by atoms with Gasteiger partial charge >= 0.3 is 0 Å². The molecule has 0 bridgehead atoms. The maximum Gasteiger partial charge on any atom is 0.251 e. The molecule has 0 spiro atoms. The number of amides is 2. The summed E-state index contributed by atoms with van der Waals surface area (Å²) in [4.78, 5) is 23.6. The van der Waals surface area contributed by atoms with E-state index in [9.17, 15) is 14.7 Å². The Hall–Kier alpha value is -1.89. The van der Waals surface area contributed by atoms with E-state index in [0.29, 0.717) is 20.5 Å². The van der Waals surface area contributed by atoms with Crippen LogP contribution in [0.1, 0.15) is 28.3 Å². The Labute approximate surface area is 136 Å². The van der Waals surface area contributed by atoms with Crippen LogP contribution >= 0.6 is 22.9 Å². The molecule has 1 aromatic heterocycles. The van der Waals surface area contributed by atoms with Gasteiger partial charge in [0.05, 0.1) is 4.34 Å². The van der Waals surface area contributed by atoms with Crippen molar-refractivity contribution in [2.24, 2.45) is 0 Å². The molecule has 2 rings (SSSR count). The van der Waals surface area contributed by atoms with Crippen LogP contribution in [0.4, 0.5) is 5.69 Å². The Morgan fingerprint density at radius 3 is 2.45 bits per heavy atom. The second-order valence-electron chi connectivity index (χ2n) is 4.63. The number of thiophene rings is 1. The summed E-state index contributed by atoms with van der Waals surface area (Å²) in [5.41, 5.74) is 1.07. The molecule has 0 radical (unpaired) electrons. The average Bonchev–Trinajstić information content (AvgIpc) is 2.91. The minimum absolute atomic E-state index is 0.100. The second-order valence-corrected chi connectivity index (χ2v) is 6.37. The first kappa shape index (κ1) is 16.5. The molecule has 1 unspecified atom stereocenters. The lowest BCUT2D eigenvalue weighted by Crippen LogP contribution is -2.28. The summed E-state index contributed by atoms with van der Waals surface area (Å²) in [7, 11) is 0. The van der Waals surface area contributed by atoms with E-state index >= 15 is 0 Å². The fourth-order valence-corrected chi connectivity index (χ4v) is 2.85. The Bertz CT molecular complexity index is 670. The molecular formula is C15H15ClN2O3S. The highest BCUT2D eigenvalue weighted by Gasteiger charge is 2.12. The molecule has 0 saturated heterocycles. The fourth-order valence-electron chi connectivity index (χ4n) is 1.81. The number of halogens is 1. The Morgan fingerprint density at radius 1 is 1.23 bits per heavy atom. The van der Waals surface area contributed by atoms with Gasteiger partial charge in [0.15, 0.2) is 0 Å². The molecule has 7 heteroatoms. The topological polar surface area (TPSA) is 78.4 Å². The van der Waals surface area contributed by atoms with Crippen molar-refractivity contribution in [2.45, 2.75) is 13.0 Å². The van der Waals surface area contributed by atoms with Crippen LogP contribution in [0.3, 0.4) is 0 Å². The second kappa shape index (κ2) is 7.40. The van der Waals surface area contributed by atoms with Gasteiger partial charge in [-0.1, -0.05) is 11.6 Å². The van der Waals surface area contributed by atoms with Crippen LogP contribution in [0, 0.1) is 0 Å². The van der Waals surface area contributed by atoms with E-state index in [1.807, 2.05) is 0 Å². The van der Waals surface area contributed by atoms with Gasteiger partial charge in [0.25, 0.3) is 5.91 Å². The van der Waals surface area contributed by atoms with Crippen molar-refractivity contribution in [1.82, 2.24) is 5.32 Å². The number of hydrogen-bond donors (Lipinski definition) is 3. The first-order chi connectivity index (χ1) is 10.5. The van der Waals surface area contributed by atoms with Crippen molar-refractivity contribution in [3.8, 4) is 0 Å². The number of hydrogen-bond acceptors (Lipinski definition) is 4. The van der Waals surface area contributed by atoms with Gasteiger partial charge in [0, 0.05) is 29.6 Å². The number of aliphatic hydroxyl groups is 1. The van der Waals surface area contributed by atoms with Gasteiger partial charge in [0.2, 0.25) is 5.91 Å². The van der Waals surface area contributed by atoms with Crippen molar-refractivity contribution in [3.05, 3.63) is 51.2 Å². The van der Waals surface area contributed by atoms with Crippen LogP contribution < -0.4 is 10.6 Å². The number of carbonyl (C=O) groups excluding carboxylic acids is 2. The molecule has 5 nitrogen and oxygen atoms in total. The van der Waals surface area contributed by atoms with Crippen LogP contribution in [0.15, 0.2) is 36.4 Å². The first-order valence-corrected chi connectivity index (χ1v) is 7.74. The van der Waals surface area contributed by atoms with Crippen LogP contribution in [-0.2, 0) is 4.79 Å². The third kappa shape index (κ3) is 4.56. The van der Waals surface area contributed by atoms with E-state index in [-0.39, 0.29) is 18.4 Å². The highest BCUT2D eigenvalue weighted by Crippen LogP contribution is 2.26. The van der Waals surface area contributed by atoms with Gasteiger partial charge in [-0.15, -0.1) is 11.3 Å².